The van der Waals surface area contributed by atoms with Crippen molar-refractivity contribution in [3.8, 4) is 5.82 Å². The van der Waals surface area contributed by atoms with Gasteiger partial charge in [-0.15, -0.1) is 0 Å². The van der Waals surface area contributed by atoms with Gasteiger partial charge in [0.25, 0.3) is 15.9 Å². The molecule has 2 heterocycles. The van der Waals surface area contributed by atoms with Gasteiger partial charge in [0.2, 0.25) is 0 Å². The molecule has 3 aromatic rings. The van der Waals surface area contributed by atoms with Crippen molar-refractivity contribution in [2.75, 3.05) is 0 Å². The molecule has 1 N–H and O–H groups in total. The van der Waals surface area contributed by atoms with Crippen molar-refractivity contribution in [2.24, 2.45) is 0 Å². The van der Waals surface area contributed by atoms with Gasteiger partial charge < -0.3 is 0 Å². The van der Waals surface area contributed by atoms with Gasteiger partial charge in [-0.05, 0) is 37.3 Å². The highest BCUT2D eigenvalue weighted by Crippen LogP contribution is 2.32. The Labute approximate surface area is 169 Å². The van der Waals surface area contributed by atoms with Crippen LogP contribution in [0.4, 0.5) is 13.2 Å². The number of aryl methyl sites for hydroxylation is 1. The van der Waals surface area contributed by atoms with E-state index < -0.39 is 27.7 Å². The molecule has 0 atom stereocenters. The molecule has 0 bridgehead atoms. The molecule has 0 saturated carbocycles. The summed E-state index contributed by atoms with van der Waals surface area (Å²) in [6, 6.07) is 9.21. The molecule has 0 spiro atoms. The fourth-order valence-electron chi connectivity index (χ4n) is 2.46. The number of sulfonamides is 1. The molecule has 0 aliphatic carbocycles. The summed E-state index contributed by atoms with van der Waals surface area (Å²) in [7, 11) is -4.15. The summed E-state index contributed by atoms with van der Waals surface area (Å²) >= 11 is 5.91. The Balaban J connectivity index is 1.92. The standard InChI is InChI=1S/C18H13ClF3N3O3S/c1-11-4-6-13(7-5-11)29(27,28)24-17(26)15-3-2-8-25(15)16-14(19)9-12(10-23-16)18(20,21)22/h2-10H,1H3,(H,24,26). The lowest BCUT2D eigenvalue weighted by atomic mass is 10.2. The Morgan fingerprint density at radius 2 is 1.83 bits per heavy atom. The number of amides is 1. The smallest absolute Gasteiger partial charge is 0.295 e. The molecule has 0 saturated heterocycles. The molecule has 0 radical (unpaired) electrons. The zero-order valence-corrected chi connectivity index (χ0v) is 16.3. The highest BCUT2D eigenvalue weighted by molar-refractivity contribution is 7.90. The Kier molecular flexibility index (Phi) is 5.42. The Hall–Kier alpha value is -2.85. The Bertz CT molecular complexity index is 1170. The van der Waals surface area contributed by atoms with Crippen molar-refractivity contribution in [1.82, 2.24) is 14.3 Å². The minimum Gasteiger partial charge on any atom is -0.295 e. The number of carbonyl (C=O) groups is 1. The molecule has 11 heteroatoms. The number of rotatable bonds is 4. The van der Waals surface area contributed by atoms with E-state index in [0.29, 0.717) is 12.3 Å². The third kappa shape index (κ3) is 4.43. The number of nitrogens with one attached hydrogen (secondary N) is 1. The summed E-state index contributed by atoms with van der Waals surface area (Å²) in [6.45, 7) is 1.78. The normalized spacial score (nSPS) is 12.0. The molecular formula is C18H13ClF3N3O3S. The average molecular weight is 444 g/mol. The quantitative estimate of drug-likeness (QED) is 0.661. The van der Waals surface area contributed by atoms with Gasteiger partial charge in [0, 0.05) is 12.4 Å². The number of halogens is 4. The lowest BCUT2D eigenvalue weighted by Gasteiger charge is -2.13. The summed E-state index contributed by atoms with van der Waals surface area (Å²) in [4.78, 5) is 16.1. The number of pyridine rings is 1. The lowest BCUT2D eigenvalue weighted by Crippen LogP contribution is -2.32. The molecule has 0 aliphatic rings. The molecule has 1 amide bonds. The molecule has 6 nitrogen and oxygen atoms in total. The van der Waals surface area contributed by atoms with E-state index >= 15 is 0 Å². The van der Waals surface area contributed by atoms with Gasteiger partial charge >= 0.3 is 6.18 Å². The zero-order valence-electron chi connectivity index (χ0n) is 14.7. The van der Waals surface area contributed by atoms with Crippen LogP contribution in [0.25, 0.3) is 5.82 Å². The largest absolute Gasteiger partial charge is 0.417 e. The highest BCUT2D eigenvalue weighted by atomic mass is 35.5. The molecular weight excluding hydrogens is 431 g/mol. The van der Waals surface area contributed by atoms with Crippen molar-refractivity contribution in [1.29, 1.82) is 0 Å². The van der Waals surface area contributed by atoms with Crippen molar-refractivity contribution in [3.05, 3.63) is 76.7 Å². The summed E-state index contributed by atoms with van der Waals surface area (Å²) in [5.74, 6) is -1.14. The maximum absolute atomic E-state index is 12.8. The van der Waals surface area contributed by atoms with Crippen LogP contribution in [-0.4, -0.2) is 23.9 Å². The summed E-state index contributed by atoms with van der Waals surface area (Å²) in [5.41, 5.74) is -0.381. The third-order valence-corrected chi connectivity index (χ3v) is 5.54. The number of hydrogen-bond acceptors (Lipinski definition) is 4. The van der Waals surface area contributed by atoms with E-state index in [1.54, 1.807) is 19.1 Å². The number of nitrogens with zero attached hydrogens (tertiary/aromatic N) is 2. The van der Waals surface area contributed by atoms with Crippen LogP contribution in [0.3, 0.4) is 0 Å². The number of carbonyl (C=O) groups excluding carboxylic acids is 1. The van der Waals surface area contributed by atoms with Gasteiger partial charge in [-0.25, -0.2) is 18.1 Å². The fraction of sp³-hybridized carbons (Fsp3) is 0.111. The second-order valence-corrected chi connectivity index (χ2v) is 8.13. The first-order valence-electron chi connectivity index (χ1n) is 8.03. The molecule has 0 unspecified atom stereocenters. The maximum Gasteiger partial charge on any atom is 0.417 e. The predicted octanol–water partition coefficient (Wildman–Crippen LogP) is 3.97. The molecule has 2 aromatic heterocycles. The van der Waals surface area contributed by atoms with Gasteiger partial charge in [-0.1, -0.05) is 29.3 Å². The van der Waals surface area contributed by atoms with E-state index in [9.17, 15) is 26.4 Å². The number of alkyl halides is 3. The van der Waals surface area contributed by atoms with Gasteiger partial charge in [0.1, 0.15) is 5.69 Å². The van der Waals surface area contributed by atoms with E-state index in [-0.39, 0.29) is 21.4 Å². The van der Waals surface area contributed by atoms with Crippen LogP contribution in [-0.2, 0) is 16.2 Å². The number of hydrogen-bond donors (Lipinski definition) is 1. The SMILES string of the molecule is Cc1ccc(S(=O)(=O)NC(=O)c2cccn2-c2ncc(C(F)(F)F)cc2Cl)cc1. The van der Waals surface area contributed by atoms with Gasteiger partial charge in [-0.3, -0.25) is 9.36 Å². The monoisotopic (exact) mass is 443 g/mol. The van der Waals surface area contributed by atoms with Crippen LogP contribution in [0.15, 0.2) is 59.8 Å². The van der Waals surface area contributed by atoms with Crippen LogP contribution in [0.5, 0.6) is 0 Å². The van der Waals surface area contributed by atoms with Gasteiger partial charge in [0.15, 0.2) is 5.82 Å². The lowest BCUT2D eigenvalue weighted by molar-refractivity contribution is -0.137. The van der Waals surface area contributed by atoms with Crippen molar-refractivity contribution in [3.63, 3.8) is 0 Å². The highest BCUT2D eigenvalue weighted by Gasteiger charge is 2.32. The van der Waals surface area contributed by atoms with Crippen LogP contribution in [0, 0.1) is 6.92 Å². The predicted molar refractivity (Wildman–Crippen MR) is 99.4 cm³/mol. The minimum absolute atomic E-state index is 0.111. The summed E-state index contributed by atoms with van der Waals surface area (Å²) in [6.07, 6.45) is -2.73. The molecule has 3 rings (SSSR count). The van der Waals surface area contributed by atoms with Crippen LogP contribution < -0.4 is 4.72 Å². The van der Waals surface area contributed by atoms with E-state index in [2.05, 4.69) is 4.98 Å². The number of benzene rings is 1. The van der Waals surface area contributed by atoms with E-state index in [4.69, 9.17) is 11.6 Å². The first-order chi connectivity index (χ1) is 13.5. The first-order valence-corrected chi connectivity index (χ1v) is 9.89. The van der Waals surface area contributed by atoms with Crippen molar-refractivity contribution >= 4 is 27.5 Å². The minimum atomic E-state index is -4.63. The van der Waals surface area contributed by atoms with Crippen molar-refractivity contribution < 1.29 is 26.4 Å². The zero-order chi connectivity index (χ0) is 21.4. The van der Waals surface area contributed by atoms with Gasteiger partial charge in [0.05, 0.1) is 15.5 Å². The summed E-state index contributed by atoms with van der Waals surface area (Å²) in [5, 5.41) is -0.355. The van der Waals surface area contributed by atoms with Crippen LogP contribution >= 0.6 is 11.6 Å². The second kappa shape index (κ2) is 7.53. The maximum atomic E-state index is 12.8. The van der Waals surface area contributed by atoms with Crippen molar-refractivity contribution in [2.45, 2.75) is 18.0 Å². The third-order valence-electron chi connectivity index (χ3n) is 3.92. The second-order valence-electron chi connectivity index (χ2n) is 6.04. The first kappa shape index (κ1) is 20.9. The molecule has 29 heavy (non-hydrogen) atoms. The van der Waals surface area contributed by atoms with Crippen LogP contribution in [0.1, 0.15) is 21.6 Å². The topological polar surface area (TPSA) is 81.1 Å². The Morgan fingerprint density at radius 1 is 1.17 bits per heavy atom. The summed E-state index contributed by atoms with van der Waals surface area (Å²) < 4.78 is 66.2. The van der Waals surface area contributed by atoms with E-state index in [0.717, 1.165) is 10.1 Å². The van der Waals surface area contributed by atoms with E-state index in [1.165, 1.54) is 30.5 Å². The Morgan fingerprint density at radius 3 is 2.41 bits per heavy atom. The van der Waals surface area contributed by atoms with Gasteiger partial charge in [-0.2, -0.15) is 13.2 Å². The molecule has 1 aromatic carbocycles. The van der Waals surface area contributed by atoms with Crippen LogP contribution in [0.2, 0.25) is 5.02 Å². The fourth-order valence-corrected chi connectivity index (χ4v) is 3.68. The molecule has 0 fully saturated rings. The van der Waals surface area contributed by atoms with E-state index in [1.807, 2.05) is 4.72 Å². The molecule has 152 valence electrons. The average Bonchev–Trinajstić information content (AvgIpc) is 3.10. The number of aromatic nitrogens is 2. The molecule has 0 aliphatic heterocycles.